The first-order valence-electron chi connectivity index (χ1n) is 10.8. The van der Waals surface area contributed by atoms with E-state index in [1.54, 1.807) is 30.3 Å². The number of benzene rings is 2. The predicted molar refractivity (Wildman–Crippen MR) is 131 cm³/mol. The van der Waals surface area contributed by atoms with Gasteiger partial charge in [-0.25, -0.2) is 8.42 Å². The number of carbonyl (C=O) groups excluding carboxylic acids is 2. The first-order chi connectivity index (χ1) is 15.7. The molecule has 2 aromatic carbocycles. The minimum Gasteiger partial charge on any atom is -0.324 e. The summed E-state index contributed by atoms with van der Waals surface area (Å²) in [6.45, 7) is 4.45. The molecule has 2 amide bonds. The highest BCUT2D eigenvalue weighted by atomic mass is 35.5. The van der Waals surface area contributed by atoms with Gasteiger partial charge in [-0.05, 0) is 55.7 Å². The minimum absolute atomic E-state index is 0.141. The Kier molecular flexibility index (Phi) is 7.04. The molecular weight excluding hydrogens is 482 g/mol. The van der Waals surface area contributed by atoms with Crippen molar-refractivity contribution in [1.82, 2.24) is 4.31 Å². The van der Waals surface area contributed by atoms with Gasteiger partial charge in [-0.3, -0.25) is 9.59 Å². The molecule has 33 heavy (non-hydrogen) atoms. The van der Waals surface area contributed by atoms with Crippen LogP contribution < -0.4 is 10.2 Å². The van der Waals surface area contributed by atoms with Crippen molar-refractivity contribution in [3.05, 3.63) is 47.0 Å². The fourth-order valence-electron chi connectivity index (χ4n) is 3.92. The number of sulfonamides is 1. The van der Waals surface area contributed by atoms with E-state index in [0.717, 1.165) is 23.3 Å². The number of halogens is 1. The van der Waals surface area contributed by atoms with E-state index in [4.69, 9.17) is 11.6 Å². The van der Waals surface area contributed by atoms with Crippen LogP contribution in [0.2, 0.25) is 5.02 Å². The normalized spacial score (nSPS) is 19.3. The summed E-state index contributed by atoms with van der Waals surface area (Å²) in [4.78, 5) is 28.3. The molecular formula is C23H26ClN3O4S2. The molecule has 0 unspecified atom stereocenters. The zero-order valence-electron chi connectivity index (χ0n) is 18.5. The van der Waals surface area contributed by atoms with Gasteiger partial charge >= 0.3 is 0 Å². The number of rotatable bonds is 5. The maximum atomic E-state index is 13.2. The highest BCUT2D eigenvalue weighted by Crippen LogP contribution is 2.38. The lowest BCUT2D eigenvalue weighted by molar-refractivity contribution is -0.123. The second-order valence-electron chi connectivity index (χ2n) is 8.39. The summed E-state index contributed by atoms with van der Waals surface area (Å²) < 4.78 is 27.7. The molecule has 2 heterocycles. The van der Waals surface area contributed by atoms with Gasteiger partial charge in [-0.2, -0.15) is 4.31 Å². The van der Waals surface area contributed by atoms with Crippen LogP contribution in [0.25, 0.3) is 0 Å². The summed E-state index contributed by atoms with van der Waals surface area (Å²) in [5.74, 6) is -0.367. The van der Waals surface area contributed by atoms with Gasteiger partial charge in [0.2, 0.25) is 21.8 Å². The number of nitrogens with one attached hydrogen (secondary N) is 1. The van der Waals surface area contributed by atoms with Crippen molar-refractivity contribution < 1.29 is 18.0 Å². The van der Waals surface area contributed by atoms with Crippen LogP contribution in [0, 0.1) is 12.8 Å². The Morgan fingerprint density at radius 1 is 1.18 bits per heavy atom. The number of fused-ring (bicyclic) bond motifs is 1. The van der Waals surface area contributed by atoms with E-state index in [-0.39, 0.29) is 29.2 Å². The Bertz CT molecular complexity index is 1200. The monoisotopic (exact) mass is 507 g/mol. The molecule has 1 N–H and O–H groups in total. The van der Waals surface area contributed by atoms with Crippen molar-refractivity contribution in [2.45, 2.75) is 36.5 Å². The van der Waals surface area contributed by atoms with Crippen LogP contribution in [0.5, 0.6) is 0 Å². The van der Waals surface area contributed by atoms with Crippen molar-refractivity contribution >= 4 is 56.6 Å². The van der Waals surface area contributed by atoms with Crippen LogP contribution >= 0.6 is 23.4 Å². The Morgan fingerprint density at radius 2 is 1.91 bits per heavy atom. The van der Waals surface area contributed by atoms with Crippen molar-refractivity contribution in [3.63, 3.8) is 0 Å². The van der Waals surface area contributed by atoms with E-state index >= 15 is 0 Å². The van der Waals surface area contributed by atoms with Gasteiger partial charge in [0.1, 0.15) is 6.54 Å². The lowest BCUT2D eigenvalue weighted by atomic mass is 10.1. The van der Waals surface area contributed by atoms with Gasteiger partial charge in [0.25, 0.3) is 0 Å². The van der Waals surface area contributed by atoms with Crippen molar-refractivity contribution in [3.8, 4) is 0 Å². The Labute approximate surface area is 203 Å². The van der Waals surface area contributed by atoms with Crippen LogP contribution in [-0.2, 0) is 19.6 Å². The number of aryl methyl sites for hydroxylation is 1. The Balaban J connectivity index is 1.64. The fourth-order valence-corrected chi connectivity index (χ4v) is 6.69. The molecule has 1 saturated heterocycles. The van der Waals surface area contributed by atoms with E-state index in [1.807, 2.05) is 13.8 Å². The maximum Gasteiger partial charge on any atom is 0.244 e. The molecule has 1 atom stereocenters. The minimum atomic E-state index is -3.65. The fraction of sp³-hybridized carbons (Fsp3) is 0.391. The topological polar surface area (TPSA) is 86.8 Å². The SMILES string of the molecule is Cc1ccc(NC(=O)CN2C(=O)[C@H](C)CSc3ccc(S(=O)(=O)N4CCCC4)cc32)cc1Cl. The lowest BCUT2D eigenvalue weighted by Crippen LogP contribution is -2.41. The van der Waals surface area contributed by atoms with Crippen molar-refractivity contribution in [1.29, 1.82) is 0 Å². The number of nitrogens with zero attached hydrogens (tertiary/aromatic N) is 2. The van der Waals surface area contributed by atoms with Crippen LogP contribution in [0.1, 0.15) is 25.3 Å². The van der Waals surface area contributed by atoms with Gasteiger partial charge in [-0.15, -0.1) is 11.8 Å². The molecule has 176 valence electrons. The van der Waals surface area contributed by atoms with Crippen LogP contribution in [0.15, 0.2) is 46.2 Å². The van der Waals surface area contributed by atoms with Gasteiger partial charge < -0.3 is 10.2 Å². The summed E-state index contributed by atoms with van der Waals surface area (Å²) in [5.41, 5.74) is 1.88. The number of carbonyl (C=O) groups is 2. The van der Waals surface area contributed by atoms with E-state index in [1.165, 1.54) is 27.0 Å². The van der Waals surface area contributed by atoms with Gasteiger partial charge in [-0.1, -0.05) is 24.6 Å². The molecule has 4 rings (SSSR count). The molecule has 10 heteroatoms. The van der Waals surface area contributed by atoms with E-state index in [9.17, 15) is 18.0 Å². The first-order valence-corrected chi connectivity index (χ1v) is 13.6. The van der Waals surface area contributed by atoms with Crippen LogP contribution in [0.3, 0.4) is 0 Å². The number of anilines is 2. The molecule has 0 radical (unpaired) electrons. The third-order valence-corrected chi connectivity index (χ3v) is 9.48. The summed E-state index contributed by atoms with van der Waals surface area (Å²) in [5, 5.41) is 3.32. The number of thioether (sulfide) groups is 1. The summed E-state index contributed by atoms with van der Waals surface area (Å²) in [6, 6.07) is 10.1. The molecule has 2 aliphatic heterocycles. The molecule has 0 aliphatic carbocycles. The van der Waals surface area contributed by atoms with Crippen molar-refractivity contribution in [2.24, 2.45) is 5.92 Å². The third-order valence-electron chi connectivity index (χ3n) is 5.86. The second-order valence-corrected chi connectivity index (χ2v) is 11.8. The standard InChI is InChI=1S/C23H26ClN3O4S2/c1-15-5-6-17(11-19(15)24)25-22(28)13-27-20-12-18(33(30,31)26-9-3-4-10-26)7-8-21(20)32-14-16(2)23(27)29/h5-8,11-12,16H,3-4,9-10,13-14H2,1-2H3,(H,25,28)/t16-/m1/s1. The largest absolute Gasteiger partial charge is 0.324 e. The Morgan fingerprint density at radius 3 is 2.61 bits per heavy atom. The molecule has 0 saturated carbocycles. The quantitative estimate of drug-likeness (QED) is 0.657. The molecule has 7 nitrogen and oxygen atoms in total. The van der Waals surface area contributed by atoms with E-state index in [0.29, 0.717) is 35.2 Å². The smallest absolute Gasteiger partial charge is 0.244 e. The average Bonchev–Trinajstić information content (AvgIpc) is 3.30. The van der Waals surface area contributed by atoms with Gasteiger partial charge in [0.05, 0.1) is 10.6 Å². The molecule has 0 spiro atoms. The zero-order valence-corrected chi connectivity index (χ0v) is 20.9. The first kappa shape index (κ1) is 24.1. The summed E-state index contributed by atoms with van der Waals surface area (Å²) in [6.07, 6.45) is 1.68. The summed E-state index contributed by atoms with van der Waals surface area (Å²) in [7, 11) is -3.65. The molecule has 0 bridgehead atoms. The maximum absolute atomic E-state index is 13.2. The van der Waals surface area contributed by atoms with E-state index < -0.39 is 10.0 Å². The average molecular weight is 508 g/mol. The zero-order chi connectivity index (χ0) is 23.8. The van der Waals surface area contributed by atoms with Gasteiger partial charge in [0, 0.05) is 40.4 Å². The molecule has 2 aliphatic rings. The number of hydrogen-bond donors (Lipinski definition) is 1. The van der Waals surface area contributed by atoms with Crippen LogP contribution in [-0.4, -0.2) is 49.9 Å². The highest BCUT2D eigenvalue weighted by Gasteiger charge is 2.33. The van der Waals surface area contributed by atoms with E-state index in [2.05, 4.69) is 5.32 Å². The molecule has 0 aromatic heterocycles. The summed E-state index contributed by atoms with van der Waals surface area (Å²) >= 11 is 7.65. The van der Waals surface area contributed by atoms with Gasteiger partial charge in [0.15, 0.2) is 0 Å². The van der Waals surface area contributed by atoms with Crippen molar-refractivity contribution in [2.75, 3.05) is 35.6 Å². The highest BCUT2D eigenvalue weighted by molar-refractivity contribution is 7.99. The number of hydrogen-bond acceptors (Lipinski definition) is 5. The molecule has 2 aromatic rings. The van der Waals surface area contributed by atoms with Crippen LogP contribution in [0.4, 0.5) is 11.4 Å². The predicted octanol–water partition coefficient (Wildman–Crippen LogP) is 4.15. The second kappa shape index (κ2) is 9.66. The Hall–Kier alpha value is -2.07. The molecule has 1 fully saturated rings. The third kappa shape index (κ3) is 5.06. The lowest BCUT2D eigenvalue weighted by Gasteiger charge is -2.25. The number of amides is 2.